The summed E-state index contributed by atoms with van der Waals surface area (Å²) in [5.41, 5.74) is 1.19. The molecule has 4 rings (SSSR count). The molecule has 0 spiro atoms. The van der Waals surface area contributed by atoms with Crippen molar-refractivity contribution < 1.29 is 5.11 Å². The summed E-state index contributed by atoms with van der Waals surface area (Å²) < 4.78 is 0. The first-order valence-corrected chi connectivity index (χ1v) is 12.0. The van der Waals surface area contributed by atoms with E-state index in [2.05, 4.69) is 27.7 Å². The van der Waals surface area contributed by atoms with Gasteiger partial charge in [0.05, 0.1) is 6.10 Å². The molecule has 1 N–H and O–H groups in total. The third-order valence-electron chi connectivity index (χ3n) is 10.2. The maximum atomic E-state index is 10.2. The molecule has 0 aromatic rings. The summed E-state index contributed by atoms with van der Waals surface area (Å²) in [5.74, 6) is 5.65. The molecule has 0 aromatic heterocycles. The van der Waals surface area contributed by atoms with Gasteiger partial charge < -0.3 is 5.11 Å². The monoisotopic (exact) mass is 360 g/mol. The Morgan fingerprint density at radius 3 is 2.38 bits per heavy atom. The van der Waals surface area contributed by atoms with Gasteiger partial charge in [-0.2, -0.15) is 0 Å². The van der Waals surface area contributed by atoms with Crippen molar-refractivity contribution in [1.29, 1.82) is 0 Å². The summed E-state index contributed by atoms with van der Waals surface area (Å²) >= 11 is 0. The van der Waals surface area contributed by atoms with Gasteiger partial charge in [0.25, 0.3) is 0 Å². The second-order valence-electron chi connectivity index (χ2n) is 11.7. The van der Waals surface area contributed by atoms with Crippen LogP contribution in [-0.4, -0.2) is 11.2 Å². The highest BCUT2D eigenvalue weighted by atomic mass is 16.3. The number of fused-ring (bicyclic) bond motifs is 5. The first kappa shape index (κ1) is 19.3. The van der Waals surface area contributed by atoms with Crippen LogP contribution in [0.1, 0.15) is 105 Å². The Balaban J connectivity index is 1.47. The van der Waals surface area contributed by atoms with Crippen molar-refractivity contribution in [2.24, 2.45) is 46.3 Å². The van der Waals surface area contributed by atoms with E-state index in [0.29, 0.717) is 10.8 Å². The predicted molar refractivity (Wildman–Crippen MR) is 110 cm³/mol. The van der Waals surface area contributed by atoms with Crippen molar-refractivity contribution >= 4 is 0 Å². The highest BCUT2D eigenvalue weighted by molar-refractivity contribution is 5.09. The summed E-state index contributed by atoms with van der Waals surface area (Å²) in [7, 11) is 0. The van der Waals surface area contributed by atoms with E-state index in [0.717, 1.165) is 48.3 Å². The molecule has 26 heavy (non-hydrogen) atoms. The van der Waals surface area contributed by atoms with Crippen LogP contribution in [0.15, 0.2) is 0 Å². The van der Waals surface area contributed by atoms with Crippen molar-refractivity contribution in [2.45, 2.75) is 111 Å². The average Bonchev–Trinajstić information content (AvgIpc) is 2.92. The van der Waals surface area contributed by atoms with E-state index >= 15 is 0 Å². The molecule has 4 saturated carbocycles. The van der Waals surface area contributed by atoms with Gasteiger partial charge in [-0.15, -0.1) is 0 Å². The maximum Gasteiger partial charge on any atom is 0.0543 e. The van der Waals surface area contributed by atoms with E-state index in [4.69, 9.17) is 0 Å². The quantitative estimate of drug-likeness (QED) is 0.582. The Morgan fingerprint density at radius 1 is 0.885 bits per heavy atom. The Bertz CT molecular complexity index is 498. The number of aliphatic hydroxyl groups is 1. The molecule has 0 heterocycles. The summed E-state index contributed by atoms with van der Waals surface area (Å²) in [4.78, 5) is 0. The standard InChI is InChI=1S/C25H44O/c1-17(2)6-5-7-18-9-11-22-21-10-8-19-16-20(26)12-14-25(19,4)23(21)13-15-24(18,22)3/h17-23,26H,5-16H2,1-4H3/t18-,19-,20-,21-,22-,23-,24+,25-/m0/s1. The zero-order valence-electron chi connectivity index (χ0n) is 18.0. The van der Waals surface area contributed by atoms with Gasteiger partial charge >= 0.3 is 0 Å². The van der Waals surface area contributed by atoms with Gasteiger partial charge in [-0.25, -0.2) is 0 Å². The minimum absolute atomic E-state index is 0.00435. The van der Waals surface area contributed by atoms with Crippen molar-refractivity contribution in [3.05, 3.63) is 0 Å². The molecular formula is C25H44O. The molecule has 0 aromatic carbocycles. The van der Waals surface area contributed by atoms with E-state index in [1.165, 1.54) is 64.2 Å². The largest absolute Gasteiger partial charge is 0.393 e. The molecule has 150 valence electrons. The van der Waals surface area contributed by atoms with E-state index in [9.17, 15) is 5.11 Å². The van der Waals surface area contributed by atoms with Gasteiger partial charge in [-0.3, -0.25) is 0 Å². The van der Waals surface area contributed by atoms with Crippen LogP contribution in [0.25, 0.3) is 0 Å². The fourth-order valence-corrected chi connectivity index (χ4v) is 8.59. The minimum Gasteiger partial charge on any atom is -0.393 e. The van der Waals surface area contributed by atoms with Gasteiger partial charge in [0, 0.05) is 0 Å². The second kappa shape index (κ2) is 7.09. The lowest BCUT2D eigenvalue weighted by molar-refractivity contribution is -0.127. The fourth-order valence-electron chi connectivity index (χ4n) is 8.59. The van der Waals surface area contributed by atoms with Gasteiger partial charge in [0.15, 0.2) is 0 Å². The maximum absolute atomic E-state index is 10.2. The number of aliphatic hydroxyl groups excluding tert-OH is 1. The van der Waals surface area contributed by atoms with Crippen LogP contribution < -0.4 is 0 Å². The molecule has 0 unspecified atom stereocenters. The van der Waals surface area contributed by atoms with Crippen LogP contribution in [0.5, 0.6) is 0 Å². The molecule has 4 fully saturated rings. The van der Waals surface area contributed by atoms with Gasteiger partial charge in [-0.1, -0.05) is 40.5 Å². The zero-order valence-corrected chi connectivity index (χ0v) is 18.0. The Kier molecular flexibility index (Phi) is 5.26. The van der Waals surface area contributed by atoms with Crippen molar-refractivity contribution in [1.82, 2.24) is 0 Å². The fraction of sp³-hybridized carbons (Fsp3) is 1.00. The highest BCUT2D eigenvalue weighted by Crippen LogP contribution is 2.67. The normalized spacial score (nSPS) is 51.0. The second-order valence-corrected chi connectivity index (χ2v) is 11.7. The predicted octanol–water partition coefficient (Wildman–Crippen LogP) is 6.83. The van der Waals surface area contributed by atoms with E-state index in [1.54, 1.807) is 0 Å². The van der Waals surface area contributed by atoms with E-state index in [-0.39, 0.29) is 6.10 Å². The van der Waals surface area contributed by atoms with Gasteiger partial charge in [0.1, 0.15) is 0 Å². The lowest BCUT2D eigenvalue weighted by atomic mass is 9.44. The van der Waals surface area contributed by atoms with Crippen molar-refractivity contribution in [2.75, 3.05) is 0 Å². The number of rotatable bonds is 4. The molecule has 1 heteroatoms. The van der Waals surface area contributed by atoms with E-state index < -0.39 is 0 Å². The summed E-state index contributed by atoms with van der Waals surface area (Å²) in [6.07, 6.45) is 16.7. The highest BCUT2D eigenvalue weighted by Gasteiger charge is 2.59. The van der Waals surface area contributed by atoms with Gasteiger partial charge in [-0.05, 0) is 111 Å². The third kappa shape index (κ3) is 3.09. The summed E-state index contributed by atoms with van der Waals surface area (Å²) in [6.45, 7) is 10.1. The lowest BCUT2D eigenvalue weighted by Crippen LogP contribution is -2.53. The van der Waals surface area contributed by atoms with Crippen molar-refractivity contribution in [3.63, 3.8) is 0 Å². The molecule has 1 nitrogen and oxygen atoms in total. The molecule has 0 amide bonds. The lowest BCUT2D eigenvalue weighted by Gasteiger charge is -2.61. The molecule has 8 atom stereocenters. The van der Waals surface area contributed by atoms with Crippen LogP contribution in [0.3, 0.4) is 0 Å². The summed E-state index contributed by atoms with van der Waals surface area (Å²) in [5, 5.41) is 10.2. The molecule has 0 saturated heterocycles. The van der Waals surface area contributed by atoms with Gasteiger partial charge in [0.2, 0.25) is 0 Å². The van der Waals surface area contributed by atoms with Crippen LogP contribution in [0.2, 0.25) is 0 Å². The first-order chi connectivity index (χ1) is 12.3. The van der Waals surface area contributed by atoms with Crippen LogP contribution >= 0.6 is 0 Å². The zero-order chi connectivity index (χ0) is 18.5. The molecule has 4 aliphatic rings. The SMILES string of the molecule is CC(C)CCC[C@H]1CC[C@H]2[C@@H]3CC[C@H]4C[C@@H](O)CC[C@]4(C)[C@H]3CC[C@]12C. The molecule has 0 radical (unpaired) electrons. The number of hydrogen-bond donors (Lipinski definition) is 1. The smallest absolute Gasteiger partial charge is 0.0543 e. The van der Waals surface area contributed by atoms with Crippen LogP contribution in [0, 0.1) is 46.3 Å². The number of hydrogen-bond acceptors (Lipinski definition) is 1. The van der Waals surface area contributed by atoms with Crippen LogP contribution in [-0.2, 0) is 0 Å². The Hall–Kier alpha value is -0.0400. The third-order valence-corrected chi connectivity index (χ3v) is 10.2. The first-order valence-electron chi connectivity index (χ1n) is 12.0. The topological polar surface area (TPSA) is 20.2 Å². The van der Waals surface area contributed by atoms with E-state index in [1.807, 2.05) is 0 Å². The Morgan fingerprint density at radius 2 is 1.62 bits per heavy atom. The molecule has 0 bridgehead atoms. The minimum atomic E-state index is -0.00435. The van der Waals surface area contributed by atoms with Crippen molar-refractivity contribution in [3.8, 4) is 0 Å². The summed E-state index contributed by atoms with van der Waals surface area (Å²) in [6, 6.07) is 0. The molecule has 0 aliphatic heterocycles. The van der Waals surface area contributed by atoms with Crippen LogP contribution in [0.4, 0.5) is 0 Å². The average molecular weight is 361 g/mol. The molecule has 4 aliphatic carbocycles. The Labute approximate surface area is 162 Å². The molecular weight excluding hydrogens is 316 g/mol.